The Balaban J connectivity index is 1.76. The lowest BCUT2D eigenvalue weighted by atomic mass is 9.99. The van der Waals surface area contributed by atoms with Gasteiger partial charge in [-0.2, -0.15) is 5.26 Å². The highest BCUT2D eigenvalue weighted by Crippen LogP contribution is 2.28. The SMILES string of the molecule is N#Cc1c2cccc1c1cccc(c1)c1cccc(c1)c1cccc(n1)c1cccc(c1)c1cccc2c1. The van der Waals surface area contributed by atoms with Crippen LogP contribution in [0.15, 0.2) is 133 Å². The van der Waals surface area contributed by atoms with Gasteiger partial charge in [0, 0.05) is 21.5 Å². The number of rotatable bonds is 0. The van der Waals surface area contributed by atoms with Crippen LogP contribution in [0.1, 0.15) is 5.56 Å². The topological polar surface area (TPSA) is 36.7 Å². The Labute approximate surface area is 220 Å². The number of hydrogen-bond donors (Lipinski definition) is 0. The Morgan fingerprint density at radius 3 is 1.18 bits per heavy atom. The first-order valence-electron chi connectivity index (χ1n) is 12.7. The van der Waals surface area contributed by atoms with E-state index in [0.29, 0.717) is 5.56 Å². The second kappa shape index (κ2) is 9.00. The number of nitrogens with zero attached hydrogens (tertiary/aromatic N) is 2. The van der Waals surface area contributed by atoms with E-state index < -0.39 is 0 Å². The molecule has 0 unspecified atom stereocenters. The largest absolute Gasteiger partial charge is 0.248 e. The van der Waals surface area contributed by atoms with Crippen molar-refractivity contribution in [2.24, 2.45) is 0 Å². The summed E-state index contributed by atoms with van der Waals surface area (Å²) in [5.74, 6) is 0. The second-order valence-electron chi connectivity index (χ2n) is 9.57. The van der Waals surface area contributed by atoms with Crippen molar-refractivity contribution in [1.82, 2.24) is 4.98 Å². The molecule has 0 aliphatic carbocycles. The van der Waals surface area contributed by atoms with Crippen LogP contribution >= 0.6 is 0 Å². The Kier molecular flexibility index (Phi) is 5.20. The van der Waals surface area contributed by atoms with Crippen molar-refractivity contribution in [3.05, 3.63) is 139 Å². The molecule has 5 aromatic carbocycles. The lowest BCUT2D eigenvalue weighted by Crippen LogP contribution is -1.82. The summed E-state index contributed by atoms with van der Waals surface area (Å²) in [6.07, 6.45) is 0. The maximum atomic E-state index is 10.3. The van der Waals surface area contributed by atoms with E-state index in [1.807, 2.05) is 18.2 Å². The lowest BCUT2D eigenvalue weighted by molar-refractivity contribution is 1.50. The summed E-state index contributed by atoms with van der Waals surface area (Å²) >= 11 is 0. The maximum absolute atomic E-state index is 10.3. The Hall–Kier alpha value is -5.26. The van der Waals surface area contributed by atoms with Gasteiger partial charge >= 0.3 is 0 Å². The molecule has 7 rings (SSSR count). The first kappa shape index (κ1) is 22.0. The molecule has 0 amide bonds. The van der Waals surface area contributed by atoms with Crippen LogP contribution in [0, 0.1) is 11.3 Å². The quantitative estimate of drug-likeness (QED) is 0.216. The van der Waals surface area contributed by atoms with Crippen molar-refractivity contribution >= 4 is 64.9 Å². The number of benzene rings is 5. The molecule has 2 nitrogen and oxygen atoms in total. The zero-order valence-corrected chi connectivity index (χ0v) is 20.6. The molecule has 0 atom stereocenters. The van der Waals surface area contributed by atoms with Crippen LogP contribution in [0.4, 0.5) is 0 Å². The molecule has 176 valence electrons. The molecule has 7 aromatic rings. The predicted octanol–water partition coefficient (Wildman–Crippen LogP) is 9.56. The molecular formula is C36H22N2. The van der Waals surface area contributed by atoms with Crippen molar-refractivity contribution in [3.63, 3.8) is 0 Å². The van der Waals surface area contributed by atoms with E-state index in [0.717, 1.165) is 64.9 Å². The number of nitriles is 1. The highest BCUT2D eigenvalue weighted by molar-refractivity contribution is 6.03. The smallest absolute Gasteiger partial charge is 0.100 e. The zero-order valence-electron chi connectivity index (χ0n) is 20.6. The summed E-state index contributed by atoms with van der Waals surface area (Å²) in [6, 6.07) is 48.7. The van der Waals surface area contributed by atoms with Gasteiger partial charge in [0.15, 0.2) is 0 Å². The van der Waals surface area contributed by atoms with Gasteiger partial charge < -0.3 is 0 Å². The standard InChI is InChI=1S/C36H22N2/c37-23-34-32-15-5-16-33(34)29-12-2-8-25(20-29)27-10-4-14-31(22-27)36-18-6-17-35(38-36)30-13-3-9-26(21-30)24-7-1-11-28(32)19-24/h1-22H. The van der Waals surface area contributed by atoms with Crippen LogP contribution in [0.5, 0.6) is 0 Å². The van der Waals surface area contributed by atoms with Crippen molar-refractivity contribution in [1.29, 1.82) is 5.26 Å². The average molecular weight is 483 g/mol. The minimum absolute atomic E-state index is 0.685. The molecule has 0 N–H and O–H groups in total. The molecule has 0 saturated carbocycles. The number of fused-ring (bicyclic) bond motifs is 18. The van der Waals surface area contributed by atoms with Crippen LogP contribution in [-0.2, 0) is 0 Å². The summed E-state index contributed by atoms with van der Waals surface area (Å²) in [4.78, 5) is 5.05. The molecular weight excluding hydrogens is 460 g/mol. The molecule has 2 heterocycles. The minimum atomic E-state index is 0.685. The molecule has 12 bridgehead atoms. The average Bonchev–Trinajstić information content (AvgIpc) is 3.00. The summed E-state index contributed by atoms with van der Waals surface area (Å²) in [7, 11) is 0. The van der Waals surface area contributed by atoms with E-state index in [2.05, 4.69) is 121 Å². The van der Waals surface area contributed by atoms with E-state index in [4.69, 9.17) is 4.98 Å². The Morgan fingerprint density at radius 2 is 0.737 bits per heavy atom. The summed E-state index contributed by atoms with van der Waals surface area (Å²) < 4.78 is 0. The fourth-order valence-electron chi connectivity index (χ4n) is 5.36. The van der Waals surface area contributed by atoms with E-state index in [1.165, 1.54) is 0 Å². The fourth-order valence-corrected chi connectivity index (χ4v) is 5.36. The summed E-state index contributed by atoms with van der Waals surface area (Å²) in [5.41, 5.74) is 2.56. The van der Waals surface area contributed by atoms with Crippen molar-refractivity contribution < 1.29 is 0 Å². The number of hydrogen-bond acceptors (Lipinski definition) is 2. The third kappa shape index (κ3) is 3.79. The van der Waals surface area contributed by atoms with E-state index in [1.54, 1.807) is 0 Å². The first-order chi connectivity index (χ1) is 18.8. The van der Waals surface area contributed by atoms with E-state index >= 15 is 0 Å². The van der Waals surface area contributed by atoms with Crippen LogP contribution < -0.4 is 0 Å². The number of pyridine rings is 1. The van der Waals surface area contributed by atoms with Crippen LogP contribution in [0.3, 0.4) is 0 Å². The molecule has 0 spiro atoms. The molecule has 0 radical (unpaired) electrons. The highest BCUT2D eigenvalue weighted by Gasteiger charge is 2.05. The first-order valence-corrected chi connectivity index (χ1v) is 12.7. The van der Waals surface area contributed by atoms with Gasteiger partial charge in [-0.3, -0.25) is 0 Å². The van der Waals surface area contributed by atoms with Gasteiger partial charge in [-0.25, -0.2) is 4.98 Å². The summed E-state index contributed by atoms with van der Waals surface area (Å²) in [5, 5.41) is 20.8. The third-order valence-corrected chi connectivity index (χ3v) is 7.26. The van der Waals surface area contributed by atoms with Gasteiger partial charge in [0.2, 0.25) is 0 Å². The van der Waals surface area contributed by atoms with Gasteiger partial charge in [-0.15, -0.1) is 0 Å². The normalized spacial score (nSPS) is 11.1. The monoisotopic (exact) mass is 482 g/mol. The van der Waals surface area contributed by atoms with Crippen molar-refractivity contribution in [3.8, 4) is 6.07 Å². The molecule has 0 aliphatic rings. The molecule has 0 fully saturated rings. The fraction of sp³-hybridized carbons (Fsp3) is 0. The Bertz CT molecular complexity index is 2060. The zero-order chi connectivity index (χ0) is 25.5. The Morgan fingerprint density at radius 1 is 0.395 bits per heavy atom. The van der Waals surface area contributed by atoms with E-state index in [9.17, 15) is 5.26 Å². The van der Waals surface area contributed by atoms with Gasteiger partial charge in [0.1, 0.15) is 6.07 Å². The molecule has 2 aromatic heterocycles. The van der Waals surface area contributed by atoms with Gasteiger partial charge in [0.25, 0.3) is 0 Å². The molecule has 0 aliphatic heterocycles. The lowest BCUT2D eigenvalue weighted by Gasteiger charge is -2.04. The van der Waals surface area contributed by atoms with Crippen molar-refractivity contribution in [2.45, 2.75) is 0 Å². The van der Waals surface area contributed by atoms with Crippen molar-refractivity contribution in [2.75, 3.05) is 0 Å². The highest BCUT2D eigenvalue weighted by atomic mass is 14.7. The van der Waals surface area contributed by atoms with Gasteiger partial charge in [0.05, 0.1) is 16.6 Å². The molecule has 2 heteroatoms. The van der Waals surface area contributed by atoms with Crippen LogP contribution in [0.25, 0.3) is 64.9 Å². The predicted molar refractivity (Wildman–Crippen MR) is 160 cm³/mol. The van der Waals surface area contributed by atoms with Gasteiger partial charge in [-0.05, 0) is 68.7 Å². The van der Waals surface area contributed by atoms with Crippen LogP contribution in [0.2, 0.25) is 0 Å². The second-order valence-corrected chi connectivity index (χ2v) is 9.57. The summed E-state index contributed by atoms with van der Waals surface area (Å²) in [6.45, 7) is 0. The van der Waals surface area contributed by atoms with Gasteiger partial charge in [-0.1, -0.05) is 97.1 Å². The number of aromatic nitrogens is 1. The minimum Gasteiger partial charge on any atom is -0.248 e. The third-order valence-electron chi connectivity index (χ3n) is 7.26. The van der Waals surface area contributed by atoms with Crippen LogP contribution in [-0.4, -0.2) is 4.98 Å². The maximum Gasteiger partial charge on any atom is 0.100 e. The van der Waals surface area contributed by atoms with E-state index in [-0.39, 0.29) is 0 Å². The molecule has 0 saturated heterocycles. The molecule has 38 heavy (non-hydrogen) atoms.